The van der Waals surface area contributed by atoms with Crippen LogP contribution in [-0.4, -0.2) is 30.9 Å². The fourth-order valence-corrected chi connectivity index (χ4v) is 3.03. The first kappa shape index (κ1) is 23.6. The first-order valence-electron chi connectivity index (χ1n) is 10.7. The van der Waals surface area contributed by atoms with Crippen LogP contribution >= 0.6 is 0 Å². The van der Waals surface area contributed by atoms with Gasteiger partial charge in [-0.05, 0) is 31.4 Å². The zero-order chi connectivity index (χ0) is 21.8. The molecular formula is C23H32O7. The highest BCUT2D eigenvalue weighted by atomic mass is 16.5. The minimum atomic E-state index is -0.704. The molecule has 0 fully saturated rings. The second-order valence-electron chi connectivity index (χ2n) is 7.24. The summed E-state index contributed by atoms with van der Waals surface area (Å²) in [6.07, 6.45) is 8.04. The Labute approximate surface area is 176 Å². The Morgan fingerprint density at radius 2 is 1.63 bits per heavy atom. The van der Waals surface area contributed by atoms with Gasteiger partial charge >= 0.3 is 11.6 Å². The van der Waals surface area contributed by atoms with E-state index in [0.29, 0.717) is 43.8 Å². The van der Waals surface area contributed by atoms with Gasteiger partial charge in [0.15, 0.2) is 5.75 Å². The molecule has 0 unspecified atom stereocenters. The zero-order valence-electron chi connectivity index (χ0n) is 17.9. The number of fused-ring (bicyclic) bond motifs is 1. The van der Waals surface area contributed by atoms with Crippen molar-refractivity contribution in [3.05, 3.63) is 28.6 Å². The van der Waals surface area contributed by atoms with Crippen molar-refractivity contribution in [1.29, 1.82) is 0 Å². The highest BCUT2D eigenvalue weighted by Crippen LogP contribution is 2.33. The molecule has 0 radical (unpaired) electrons. The van der Waals surface area contributed by atoms with E-state index in [2.05, 4.69) is 6.92 Å². The molecule has 0 atom stereocenters. The number of hydrogen-bond acceptors (Lipinski definition) is 7. The van der Waals surface area contributed by atoms with Gasteiger partial charge in [-0.25, -0.2) is 4.79 Å². The van der Waals surface area contributed by atoms with Crippen molar-refractivity contribution in [1.82, 2.24) is 0 Å². The van der Waals surface area contributed by atoms with Crippen LogP contribution in [0.25, 0.3) is 11.0 Å². The van der Waals surface area contributed by atoms with Crippen molar-refractivity contribution in [2.45, 2.75) is 65.2 Å². The molecule has 0 spiro atoms. The quantitative estimate of drug-likeness (QED) is 0.262. The van der Waals surface area contributed by atoms with Gasteiger partial charge in [0.2, 0.25) is 5.75 Å². The summed E-state index contributed by atoms with van der Waals surface area (Å²) in [5.41, 5.74) is -0.466. The third-order valence-corrected chi connectivity index (χ3v) is 4.67. The van der Waals surface area contributed by atoms with Gasteiger partial charge in [-0.3, -0.25) is 4.79 Å². The van der Waals surface area contributed by atoms with Crippen molar-refractivity contribution in [2.75, 3.05) is 19.8 Å². The molecule has 166 valence electrons. The van der Waals surface area contributed by atoms with Crippen LogP contribution < -0.4 is 15.1 Å². The Morgan fingerprint density at radius 1 is 0.967 bits per heavy atom. The molecule has 1 aromatic carbocycles. The lowest BCUT2D eigenvalue weighted by Crippen LogP contribution is -2.09. The summed E-state index contributed by atoms with van der Waals surface area (Å²) >= 11 is 0. The van der Waals surface area contributed by atoms with Crippen LogP contribution in [0, 0.1) is 0 Å². The van der Waals surface area contributed by atoms with Crippen LogP contribution in [0.1, 0.15) is 65.2 Å². The van der Waals surface area contributed by atoms with Crippen LogP contribution in [-0.2, 0) is 9.53 Å². The molecule has 0 saturated heterocycles. The van der Waals surface area contributed by atoms with Crippen molar-refractivity contribution in [2.24, 2.45) is 0 Å². The lowest BCUT2D eigenvalue weighted by Gasteiger charge is -2.10. The molecule has 7 nitrogen and oxygen atoms in total. The summed E-state index contributed by atoms with van der Waals surface area (Å²) in [4.78, 5) is 22.9. The maximum atomic E-state index is 12.2. The minimum Gasteiger partial charge on any atom is -0.504 e. The molecule has 1 N–H and O–H groups in total. The smallest absolute Gasteiger partial charge is 0.383 e. The first-order chi connectivity index (χ1) is 14.5. The first-order valence-corrected chi connectivity index (χ1v) is 10.7. The third kappa shape index (κ3) is 7.61. The van der Waals surface area contributed by atoms with Gasteiger partial charge in [-0.15, -0.1) is 0 Å². The lowest BCUT2D eigenvalue weighted by molar-refractivity contribution is -0.141. The normalized spacial score (nSPS) is 10.9. The number of unbranched alkanes of at least 4 members (excludes halogenated alkanes) is 6. The number of carbonyl (C=O) groups is 1. The molecule has 1 heterocycles. The van der Waals surface area contributed by atoms with Crippen molar-refractivity contribution in [3.63, 3.8) is 0 Å². The van der Waals surface area contributed by atoms with E-state index in [9.17, 15) is 14.7 Å². The fourth-order valence-electron chi connectivity index (χ4n) is 3.03. The second-order valence-corrected chi connectivity index (χ2v) is 7.24. The summed E-state index contributed by atoms with van der Waals surface area (Å²) < 4.78 is 21.3. The fraction of sp³-hybridized carbons (Fsp3) is 0.565. The van der Waals surface area contributed by atoms with Gasteiger partial charge in [0.25, 0.3) is 0 Å². The van der Waals surface area contributed by atoms with Crippen molar-refractivity contribution in [3.8, 4) is 17.2 Å². The Hall–Kier alpha value is -2.70. The Kier molecular flexibility index (Phi) is 10.0. The summed E-state index contributed by atoms with van der Waals surface area (Å²) in [6.45, 7) is 4.71. The van der Waals surface area contributed by atoms with Crippen LogP contribution in [0.2, 0.25) is 0 Å². The van der Waals surface area contributed by atoms with E-state index < -0.39 is 5.63 Å². The Bertz CT molecular complexity index is 856. The van der Waals surface area contributed by atoms with E-state index in [1.165, 1.54) is 26.2 Å². The molecule has 0 aliphatic carbocycles. The third-order valence-electron chi connectivity index (χ3n) is 4.67. The largest absolute Gasteiger partial charge is 0.504 e. The Balaban J connectivity index is 1.88. The van der Waals surface area contributed by atoms with Crippen LogP contribution in [0.4, 0.5) is 0 Å². The average Bonchev–Trinajstić information content (AvgIpc) is 2.71. The molecule has 0 amide bonds. The summed E-state index contributed by atoms with van der Waals surface area (Å²) in [5.74, 6) is -0.121. The molecule has 2 rings (SSSR count). The number of esters is 1. The highest BCUT2D eigenvalue weighted by molar-refractivity contribution is 5.86. The Morgan fingerprint density at radius 3 is 2.40 bits per heavy atom. The number of hydrogen-bond donors (Lipinski definition) is 1. The predicted octanol–water partition coefficient (Wildman–Crippen LogP) is 4.96. The average molecular weight is 421 g/mol. The minimum absolute atomic E-state index is 0.143. The molecule has 0 bridgehead atoms. The summed E-state index contributed by atoms with van der Waals surface area (Å²) in [7, 11) is 0. The van der Waals surface area contributed by atoms with Gasteiger partial charge in [-0.2, -0.15) is 0 Å². The van der Waals surface area contributed by atoms with E-state index in [1.807, 2.05) is 0 Å². The molecule has 0 aliphatic rings. The van der Waals surface area contributed by atoms with Gasteiger partial charge in [-0.1, -0.05) is 39.0 Å². The summed E-state index contributed by atoms with van der Waals surface area (Å²) in [6, 6.07) is 4.91. The van der Waals surface area contributed by atoms with Gasteiger partial charge in [0.05, 0.1) is 25.2 Å². The van der Waals surface area contributed by atoms with E-state index in [4.69, 9.17) is 18.6 Å². The number of rotatable bonds is 14. The van der Waals surface area contributed by atoms with E-state index in [0.717, 1.165) is 19.3 Å². The lowest BCUT2D eigenvalue weighted by atomic mass is 10.1. The van der Waals surface area contributed by atoms with Gasteiger partial charge in [0, 0.05) is 13.0 Å². The van der Waals surface area contributed by atoms with Crippen LogP contribution in [0.3, 0.4) is 0 Å². The molecule has 0 saturated carbocycles. The van der Waals surface area contributed by atoms with Crippen LogP contribution in [0.5, 0.6) is 17.2 Å². The molecule has 2 aromatic rings. The van der Waals surface area contributed by atoms with Gasteiger partial charge in [0.1, 0.15) is 11.3 Å². The van der Waals surface area contributed by atoms with Gasteiger partial charge < -0.3 is 23.7 Å². The predicted molar refractivity (Wildman–Crippen MR) is 114 cm³/mol. The number of benzene rings is 1. The van der Waals surface area contributed by atoms with Crippen LogP contribution in [0.15, 0.2) is 27.4 Å². The monoisotopic (exact) mass is 420 g/mol. The second kappa shape index (κ2) is 12.8. The molecule has 30 heavy (non-hydrogen) atoms. The van der Waals surface area contributed by atoms with E-state index in [1.54, 1.807) is 18.2 Å². The number of carbonyl (C=O) groups excluding carboxylic acids is 1. The molecule has 1 aromatic heterocycles. The van der Waals surface area contributed by atoms with E-state index >= 15 is 0 Å². The molecule has 0 aliphatic heterocycles. The van der Waals surface area contributed by atoms with E-state index in [-0.39, 0.29) is 23.1 Å². The number of aromatic hydroxyl groups is 1. The highest BCUT2D eigenvalue weighted by Gasteiger charge is 2.16. The summed E-state index contributed by atoms with van der Waals surface area (Å²) in [5, 5.41) is 10.8. The standard InChI is InChI=1S/C23H32O7/c1-3-4-5-6-7-8-15-29-22-21(25)19-12-11-18(16-20(19)30-23(22)26)28-14-10-9-13-27-17(2)24/h11-12,16,25H,3-10,13-15H2,1-2H3. The topological polar surface area (TPSA) is 95.2 Å². The van der Waals surface area contributed by atoms with Crippen molar-refractivity contribution >= 4 is 16.9 Å². The van der Waals surface area contributed by atoms with Crippen molar-refractivity contribution < 1.29 is 28.5 Å². The maximum absolute atomic E-state index is 12.2. The zero-order valence-corrected chi connectivity index (χ0v) is 17.9. The molecule has 7 heteroatoms. The molecular weight excluding hydrogens is 388 g/mol. The number of ether oxygens (including phenoxy) is 3. The maximum Gasteiger partial charge on any atom is 0.383 e. The SMILES string of the molecule is CCCCCCCCOc1c(O)c2ccc(OCCCCOC(C)=O)cc2oc1=O.